The fourth-order valence-electron chi connectivity index (χ4n) is 2.98. The highest BCUT2D eigenvalue weighted by atomic mass is 16.6. The van der Waals surface area contributed by atoms with Crippen LogP contribution in [0, 0.1) is 24.0 Å². The number of nitrogens with zero attached hydrogens (tertiary/aromatic N) is 3. The van der Waals surface area contributed by atoms with E-state index in [2.05, 4.69) is 10.4 Å². The molecule has 0 bridgehead atoms. The second-order valence-electron chi connectivity index (χ2n) is 6.70. The Kier molecular flexibility index (Phi) is 5.92. The highest BCUT2D eigenvalue weighted by Crippen LogP contribution is 2.19. The van der Waals surface area contributed by atoms with Gasteiger partial charge in [0.05, 0.1) is 10.6 Å². The molecule has 0 unspecified atom stereocenters. The van der Waals surface area contributed by atoms with Crippen LogP contribution in [0.25, 0.3) is 0 Å². The van der Waals surface area contributed by atoms with E-state index >= 15 is 0 Å². The lowest BCUT2D eigenvalue weighted by atomic mass is 10.1. The molecule has 1 amide bonds. The van der Waals surface area contributed by atoms with E-state index in [0.29, 0.717) is 17.9 Å². The van der Waals surface area contributed by atoms with Gasteiger partial charge in [0.25, 0.3) is 11.6 Å². The van der Waals surface area contributed by atoms with Crippen molar-refractivity contribution in [2.45, 2.75) is 27.0 Å². The molecule has 8 nitrogen and oxygen atoms in total. The number of hydrogen-bond acceptors (Lipinski definition) is 5. The number of aromatic nitrogens is 2. The molecule has 3 aromatic rings. The number of amides is 1. The van der Waals surface area contributed by atoms with Crippen molar-refractivity contribution in [3.63, 3.8) is 0 Å². The molecule has 0 fully saturated rings. The number of nitrogens with one attached hydrogen (secondary N) is 1. The Balaban J connectivity index is 1.61. The summed E-state index contributed by atoms with van der Waals surface area (Å²) in [5.41, 5.74) is 4.30. The van der Waals surface area contributed by atoms with Gasteiger partial charge in [0.1, 0.15) is 12.4 Å². The molecule has 3 rings (SSSR count). The molecule has 0 aliphatic rings. The number of non-ortho nitro benzene ring substituents is 1. The Hall–Kier alpha value is -3.68. The molecular weight excluding hydrogens is 372 g/mol. The third kappa shape index (κ3) is 4.78. The number of hydrogen-bond donors (Lipinski definition) is 1. The monoisotopic (exact) mass is 394 g/mol. The second kappa shape index (κ2) is 8.55. The van der Waals surface area contributed by atoms with E-state index < -0.39 is 4.92 Å². The van der Waals surface area contributed by atoms with Crippen LogP contribution in [0.4, 0.5) is 5.69 Å². The van der Waals surface area contributed by atoms with Gasteiger partial charge in [-0.25, -0.2) is 0 Å². The molecule has 2 aromatic carbocycles. The highest BCUT2D eigenvalue weighted by molar-refractivity contribution is 5.94. The molecule has 8 heteroatoms. The minimum absolute atomic E-state index is 0.00936. The average molecular weight is 394 g/mol. The quantitative estimate of drug-likeness (QED) is 0.489. The summed E-state index contributed by atoms with van der Waals surface area (Å²) in [4.78, 5) is 22.8. The normalized spacial score (nSPS) is 10.6. The van der Waals surface area contributed by atoms with Crippen LogP contribution < -0.4 is 10.1 Å². The molecule has 0 saturated heterocycles. The summed E-state index contributed by atoms with van der Waals surface area (Å²) < 4.78 is 7.46. The van der Waals surface area contributed by atoms with Crippen LogP contribution in [0.3, 0.4) is 0 Å². The molecule has 1 N–H and O–H groups in total. The Labute approximate surface area is 168 Å². The molecule has 0 radical (unpaired) electrons. The fourth-order valence-corrected chi connectivity index (χ4v) is 2.98. The zero-order valence-electron chi connectivity index (χ0n) is 16.5. The Morgan fingerprint density at radius 2 is 1.93 bits per heavy atom. The largest absolute Gasteiger partial charge is 0.489 e. The average Bonchev–Trinajstić information content (AvgIpc) is 2.96. The van der Waals surface area contributed by atoms with Gasteiger partial charge in [-0.05, 0) is 43.7 Å². The van der Waals surface area contributed by atoms with Gasteiger partial charge in [-0.2, -0.15) is 5.10 Å². The molecule has 0 aliphatic carbocycles. The summed E-state index contributed by atoms with van der Waals surface area (Å²) in [7, 11) is 1.88. The number of carbonyl (C=O) groups excluding carboxylic acids is 1. The van der Waals surface area contributed by atoms with Crippen molar-refractivity contribution in [3.05, 3.63) is 86.7 Å². The second-order valence-corrected chi connectivity index (χ2v) is 6.70. The van der Waals surface area contributed by atoms with Crippen LogP contribution in [-0.2, 0) is 20.2 Å². The first-order valence-electron chi connectivity index (χ1n) is 9.08. The van der Waals surface area contributed by atoms with Crippen LogP contribution in [-0.4, -0.2) is 20.6 Å². The van der Waals surface area contributed by atoms with Crippen LogP contribution in [0.5, 0.6) is 5.75 Å². The topological polar surface area (TPSA) is 99.3 Å². The van der Waals surface area contributed by atoms with Crippen LogP contribution in [0.1, 0.15) is 32.9 Å². The van der Waals surface area contributed by atoms with Gasteiger partial charge in [0.2, 0.25) is 0 Å². The summed E-state index contributed by atoms with van der Waals surface area (Å²) in [6.07, 6.45) is 0. The molecule has 0 saturated carbocycles. The van der Waals surface area contributed by atoms with Crippen molar-refractivity contribution in [1.29, 1.82) is 0 Å². The molecular formula is C21H22N4O4. The Morgan fingerprint density at radius 3 is 2.55 bits per heavy atom. The van der Waals surface area contributed by atoms with Crippen molar-refractivity contribution in [1.82, 2.24) is 15.1 Å². The van der Waals surface area contributed by atoms with Crippen LogP contribution in [0.2, 0.25) is 0 Å². The maximum Gasteiger partial charge on any atom is 0.269 e. The lowest BCUT2D eigenvalue weighted by Gasteiger charge is -2.09. The zero-order chi connectivity index (χ0) is 21.0. The molecule has 0 atom stereocenters. The van der Waals surface area contributed by atoms with Gasteiger partial charge < -0.3 is 10.1 Å². The molecule has 0 spiro atoms. The number of benzene rings is 2. The molecule has 150 valence electrons. The summed E-state index contributed by atoms with van der Waals surface area (Å²) in [6, 6.07) is 13.0. The standard InChI is InChI=1S/C21H22N4O4/c1-14-20(15(2)24(3)23-14)12-22-21(26)17-6-4-5-16(11-17)13-29-19-9-7-18(8-10-19)25(27)28/h4-11H,12-13H2,1-3H3,(H,22,26). The first kappa shape index (κ1) is 20.1. The van der Waals surface area contributed by atoms with Gasteiger partial charge in [-0.1, -0.05) is 12.1 Å². The van der Waals surface area contributed by atoms with Crippen LogP contribution >= 0.6 is 0 Å². The number of nitro groups is 1. The maximum absolute atomic E-state index is 12.5. The van der Waals surface area contributed by atoms with Crippen molar-refractivity contribution >= 4 is 11.6 Å². The van der Waals surface area contributed by atoms with Crippen molar-refractivity contribution in [2.24, 2.45) is 7.05 Å². The lowest BCUT2D eigenvalue weighted by Crippen LogP contribution is -2.23. The van der Waals surface area contributed by atoms with Crippen molar-refractivity contribution < 1.29 is 14.5 Å². The molecule has 1 aromatic heterocycles. The fraction of sp³-hybridized carbons (Fsp3) is 0.238. The molecule has 0 aliphatic heterocycles. The van der Waals surface area contributed by atoms with E-state index in [1.165, 1.54) is 12.1 Å². The van der Waals surface area contributed by atoms with Gasteiger partial charge >= 0.3 is 0 Å². The third-order valence-electron chi connectivity index (χ3n) is 4.73. The van der Waals surface area contributed by atoms with E-state index in [4.69, 9.17) is 4.74 Å². The minimum atomic E-state index is -0.458. The van der Waals surface area contributed by atoms with Crippen molar-refractivity contribution in [2.75, 3.05) is 0 Å². The summed E-state index contributed by atoms with van der Waals surface area (Å²) in [5, 5.41) is 18.0. The van der Waals surface area contributed by atoms with Gasteiger partial charge in [0, 0.05) is 42.5 Å². The van der Waals surface area contributed by atoms with Gasteiger partial charge in [-0.15, -0.1) is 0 Å². The number of aryl methyl sites for hydroxylation is 2. The maximum atomic E-state index is 12.5. The van der Waals surface area contributed by atoms with E-state index in [1.54, 1.807) is 35.0 Å². The number of ether oxygens (including phenoxy) is 1. The van der Waals surface area contributed by atoms with Gasteiger partial charge in [-0.3, -0.25) is 19.6 Å². The third-order valence-corrected chi connectivity index (χ3v) is 4.73. The molecule has 1 heterocycles. The number of rotatable bonds is 7. The Morgan fingerprint density at radius 1 is 1.21 bits per heavy atom. The lowest BCUT2D eigenvalue weighted by molar-refractivity contribution is -0.384. The number of carbonyl (C=O) groups is 1. The van der Waals surface area contributed by atoms with E-state index in [9.17, 15) is 14.9 Å². The van der Waals surface area contributed by atoms with Crippen LogP contribution in [0.15, 0.2) is 48.5 Å². The van der Waals surface area contributed by atoms with E-state index in [1.807, 2.05) is 27.0 Å². The first-order valence-corrected chi connectivity index (χ1v) is 9.08. The number of nitro benzene ring substituents is 1. The Bertz CT molecular complexity index is 1040. The van der Waals surface area contributed by atoms with Gasteiger partial charge in [0.15, 0.2) is 0 Å². The summed E-state index contributed by atoms with van der Waals surface area (Å²) in [5.74, 6) is 0.345. The predicted octanol–water partition coefficient (Wildman–Crippen LogP) is 3.45. The zero-order valence-corrected chi connectivity index (χ0v) is 16.5. The smallest absolute Gasteiger partial charge is 0.269 e. The van der Waals surface area contributed by atoms with E-state index in [0.717, 1.165) is 22.5 Å². The SMILES string of the molecule is Cc1nn(C)c(C)c1CNC(=O)c1cccc(COc2ccc([N+](=O)[O-])cc2)c1. The summed E-state index contributed by atoms with van der Waals surface area (Å²) >= 11 is 0. The van der Waals surface area contributed by atoms with E-state index in [-0.39, 0.29) is 18.2 Å². The predicted molar refractivity (Wildman–Crippen MR) is 108 cm³/mol. The first-order chi connectivity index (χ1) is 13.8. The highest BCUT2D eigenvalue weighted by Gasteiger charge is 2.12. The minimum Gasteiger partial charge on any atom is -0.489 e. The molecule has 29 heavy (non-hydrogen) atoms. The van der Waals surface area contributed by atoms with Crippen molar-refractivity contribution in [3.8, 4) is 5.75 Å². The summed E-state index contributed by atoms with van der Waals surface area (Å²) in [6.45, 7) is 4.55.